The molecule has 3 rings (SSSR count). The number of benzene rings is 2. The minimum atomic E-state index is -0.363. The molecule has 1 aliphatic heterocycles. The second kappa shape index (κ2) is 6.26. The van der Waals surface area contributed by atoms with Crippen LogP contribution >= 0.6 is 0 Å². The Morgan fingerprint density at radius 1 is 1.09 bits per heavy atom. The first-order valence-corrected chi connectivity index (χ1v) is 7.13. The van der Waals surface area contributed by atoms with Crippen LogP contribution in [0.4, 0.5) is 11.4 Å². The highest BCUT2D eigenvalue weighted by molar-refractivity contribution is 5.57. The van der Waals surface area contributed by atoms with E-state index in [9.17, 15) is 10.1 Å². The van der Waals surface area contributed by atoms with Crippen LogP contribution in [0.1, 0.15) is 5.56 Å². The summed E-state index contributed by atoms with van der Waals surface area (Å²) >= 11 is 0. The van der Waals surface area contributed by atoms with E-state index in [4.69, 9.17) is 0 Å². The number of rotatable bonds is 4. The van der Waals surface area contributed by atoms with Crippen LogP contribution in [0, 0.1) is 10.1 Å². The second-order valence-corrected chi connectivity index (χ2v) is 5.23. The molecule has 0 spiro atoms. The predicted molar refractivity (Wildman–Crippen MR) is 87.8 cm³/mol. The Labute approximate surface area is 129 Å². The van der Waals surface area contributed by atoms with Crippen molar-refractivity contribution < 1.29 is 4.92 Å². The lowest BCUT2D eigenvalue weighted by Gasteiger charge is -2.24. The summed E-state index contributed by atoms with van der Waals surface area (Å²) in [5.41, 5.74) is 3.50. The standard InChI is InChI=1S/C18H16N2O2/c21-20(22)18-10-4-9-17(13-18)19-11-5-8-16(14-19)12-15-6-2-1-3-7-15/h1-11,13H,12,14H2. The fraction of sp³-hybridized carbons (Fsp3) is 0.111. The van der Waals surface area contributed by atoms with E-state index in [0.29, 0.717) is 0 Å². The molecule has 0 atom stereocenters. The van der Waals surface area contributed by atoms with Gasteiger partial charge in [-0.15, -0.1) is 0 Å². The van der Waals surface area contributed by atoms with E-state index in [1.165, 1.54) is 17.2 Å². The molecule has 0 aliphatic carbocycles. The number of hydrogen-bond donors (Lipinski definition) is 0. The largest absolute Gasteiger partial charge is 0.344 e. The lowest BCUT2D eigenvalue weighted by Crippen LogP contribution is -2.22. The zero-order valence-electron chi connectivity index (χ0n) is 12.1. The molecular weight excluding hydrogens is 276 g/mol. The van der Waals surface area contributed by atoms with Gasteiger partial charge in [0.05, 0.1) is 4.92 Å². The molecule has 0 amide bonds. The Balaban J connectivity index is 1.75. The minimum absolute atomic E-state index is 0.116. The summed E-state index contributed by atoms with van der Waals surface area (Å²) in [6, 6.07) is 17.0. The van der Waals surface area contributed by atoms with Crippen molar-refractivity contribution in [2.45, 2.75) is 6.42 Å². The number of allylic oxidation sites excluding steroid dienone is 2. The molecule has 4 heteroatoms. The summed E-state index contributed by atoms with van der Waals surface area (Å²) < 4.78 is 0. The number of nitrogens with zero attached hydrogens (tertiary/aromatic N) is 2. The Morgan fingerprint density at radius 3 is 2.68 bits per heavy atom. The third-order valence-corrected chi connectivity index (χ3v) is 3.62. The fourth-order valence-corrected chi connectivity index (χ4v) is 2.54. The molecule has 0 fully saturated rings. The van der Waals surface area contributed by atoms with Crippen molar-refractivity contribution in [3.8, 4) is 0 Å². The van der Waals surface area contributed by atoms with Crippen LogP contribution in [0.2, 0.25) is 0 Å². The Bertz CT molecular complexity index is 736. The number of nitro benzene ring substituents is 1. The highest BCUT2D eigenvalue weighted by atomic mass is 16.6. The lowest BCUT2D eigenvalue weighted by atomic mass is 10.0. The van der Waals surface area contributed by atoms with E-state index in [1.807, 2.05) is 41.4 Å². The Morgan fingerprint density at radius 2 is 1.91 bits per heavy atom. The summed E-state index contributed by atoms with van der Waals surface area (Å²) in [7, 11) is 0. The number of anilines is 1. The molecule has 0 bridgehead atoms. The lowest BCUT2D eigenvalue weighted by molar-refractivity contribution is -0.384. The van der Waals surface area contributed by atoms with Crippen molar-refractivity contribution in [3.05, 3.63) is 94.2 Å². The van der Waals surface area contributed by atoms with Gasteiger partial charge in [-0.1, -0.05) is 42.5 Å². The van der Waals surface area contributed by atoms with Crippen molar-refractivity contribution in [1.29, 1.82) is 0 Å². The highest BCUT2D eigenvalue weighted by Gasteiger charge is 2.13. The molecule has 0 saturated carbocycles. The van der Waals surface area contributed by atoms with E-state index in [0.717, 1.165) is 18.7 Å². The van der Waals surface area contributed by atoms with Gasteiger partial charge in [0.25, 0.3) is 5.69 Å². The molecular formula is C18H16N2O2. The molecule has 4 nitrogen and oxygen atoms in total. The predicted octanol–water partition coefficient (Wildman–Crippen LogP) is 4.10. The maximum Gasteiger partial charge on any atom is 0.271 e. The number of nitro groups is 1. The van der Waals surface area contributed by atoms with Gasteiger partial charge in [-0.2, -0.15) is 0 Å². The van der Waals surface area contributed by atoms with Gasteiger partial charge in [-0.25, -0.2) is 0 Å². The molecule has 1 heterocycles. The van der Waals surface area contributed by atoms with E-state index in [1.54, 1.807) is 12.1 Å². The van der Waals surface area contributed by atoms with Gasteiger partial charge >= 0.3 is 0 Å². The molecule has 0 radical (unpaired) electrons. The van der Waals surface area contributed by atoms with Crippen LogP contribution in [-0.4, -0.2) is 11.5 Å². The van der Waals surface area contributed by atoms with Gasteiger partial charge < -0.3 is 4.90 Å². The first-order chi connectivity index (χ1) is 10.7. The van der Waals surface area contributed by atoms with Gasteiger partial charge in [-0.3, -0.25) is 10.1 Å². The summed E-state index contributed by atoms with van der Waals surface area (Å²) in [6.45, 7) is 0.743. The zero-order valence-corrected chi connectivity index (χ0v) is 12.1. The smallest absolute Gasteiger partial charge is 0.271 e. The third kappa shape index (κ3) is 3.23. The van der Waals surface area contributed by atoms with Crippen LogP contribution in [0.5, 0.6) is 0 Å². The Kier molecular flexibility index (Phi) is 4.01. The minimum Gasteiger partial charge on any atom is -0.344 e. The molecule has 0 saturated heterocycles. The van der Waals surface area contributed by atoms with Crippen molar-refractivity contribution in [2.24, 2.45) is 0 Å². The van der Waals surface area contributed by atoms with E-state index in [2.05, 4.69) is 18.2 Å². The molecule has 110 valence electrons. The van der Waals surface area contributed by atoms with Gasteiger partial charge in [0.2, 0.25) is 0 Å². The highest BCUT2D eigenvalue weighted by Crippen LogP contribution is 2.24. The molecule has 0 aromatic heterocycles. The summed E-state index contributed by atoms with van der Waals surface area (Å²) in [5, 5.41) is 10.9. The molecule has 0 unspecified atom stereocenters. The van der Waals surface area contributed by atoms with Crippen LogP contribution in [0.3, 0.4) is 0 Å². The molecule has 2 aromatic rings. The summed E-state index contributed by atoms with van der Waals surface area (Å²) in [5.74, 6) is 0. The van der Waals surface area contributed by atoms with Crippen LogP contribution in [-0.2, 0) is 6.42 Å². The van der Waals surface area contributed by atoms with E-state index >= 15 is 0 Å². The average molecular weight is 292 g/mol. The van der Waals surface area contributed by atoms with E-state index < -0.39 is 0 Å². The summed E-state index contributed by atoms with van der Waals surface area (Å²) in [4.78, 5) is 12.6. The third-order valence-electron chi connectivity index (χ3n) is 3.62. The second-order valence-electron chi connectivity index (χ2n) is 5.23. The van der Waals surface area contributed by atoms with Crippen LogP contribution in [0.25, 0.3) is 0 Å². The molecule has 2 aromatic carbocycles. The number of hydrogen-bond acceptors (Lipinski definition) is 3. The molecule has 22 heavy (non-hydrogen) atoms. The maximum atomic E-state index is 10.9. The van der Waals surface area contributed by atoms with Crippen LogP contribution < -0.4 is 4.90 Å². The number of non-ortho nitro benzene ring substituents is 1. The topological polar surface area (TPSA) is 46.4 Å². The average Bonchev–Trinajstić information content (AvgIpc) is 2.56. The van der Waals surface area contributed by atoms with E-state index in [-0.39, 0.29) is 10.6 Å². The van der Waals surface area contributed by atoms with Gasteiger partial charge in [-0.05, 0) is 29.7 Å². The molecule has 1 aliphatic rings. The van der Waals surface area contributed by atoms with Crippen molar-refractivity contribution in [3.63, 3.8) is 0 Å². The summed E-state index contributed by atoms with van der Waals surface area (Å²) in [6.07, 6.45) is 6.94. The van der Waals surface area contributed by atoms with Gasteiger partial charge in [0.15, 0.2) is 0 Å². The van der Waals surface area contributed by atoms with Gasteiger partial charge in [0, 0.05) is 30.6 Å². The normalized spacial score (nSPS) is 13.8. The molecule has 0 N–H and O–H groups in total. The van der Waals surface area contributed by atoms with Crippen molar-refractivity contribution >= 4 is 11.4 Å². The maximum absolute atomic E-state index is 10.9. The first kappa shape index (κ1) is 14.1. The van der Waals surface area contributed by atoms with Gasteiger partial charge in [0.1, 0.15) is 0 Å². The quantitative estimate of drug-likeness (QED) is 0.629. The monoisotopic (exact) mass is 292 g/mol. The van der Waals surface area contributed by atoms with Crippen molar-refractivity contribution in [1.82, 2.24) is 0 Å². The van der Waals surface area contributed by atoms with Crippen molar-refractivity contribution in [2.75, 3.05) is 11.4 Å². The zero-order chi connectivity index (χ0) is 15.4. The SMILES string of the molecule is O=[N+]([O-])c1cccc(N2C=CC=C(Cc3ccccc3)C2)c1. The Hall–Kier alpha value is -2.88. The fourth-order valence-electron chi connectivity index (χ4n) is 2.54. The first-order valence-electron chi connectivity index (χ1n) is 7.13. The van der Waals surface area contributed by atoms with Crippen LogP contribution in [0.15, 0.2) is 78.5 Å².